The van der Waals surface area contributed by atoms with E-state index in [1.165, 1.54) is 0 Å². The first-order valence-electron chi connectivity index (χ1n) is 7.63. The summed E-state index contributed by atoms with van der Waals surface area (Å²) in [4.78, 5) is 18.8. The highest BCUT2D eigenvalue weighted by atomic mass is 16.5. The Hall–Kier alpha value is -1.98. The Morgan fingerprint density at radius 3 is 2.82 bits per heavy atom. The Labute approximate surface area is 130 Å². The van der Waals surface area contributed by atoms with E-state index >= 15 is 0 Å². The third-order valence-electron chi connectivity index (χ3n) is 3.78. The van der Waals surface area contributed by atoms with Gasteiger partial charge < -0.3 is 10.1 Å². The van der Waals surface area contributed by atoms with Gasteiger partial charge in [0, 0.05) is 24.7 Å². The van der Waals surface area contributed by atoms with Gasteiger partial charge in [0.2, 0.25) is 5.91 Å². The molecule has 0 radical (unpaired) electrons. The number of hydrogen-bond donors (Lipinski definition) is 1. The second kappa shape index (κ2) is 6.42. The average molecular weight is 299 g/mol. The molecule has 2 atom stereocenters. The lowest BCUT2D eigenvalue weighted by Crippen LogP contribution is -2.48. The molecule has 0 bridgehead atoms. The summed E-state index contributed by atoms with van der Waals surface area (Å²) in [6.45, 7) is 6.03. The van der Waals surface area contributed by atoms with Crippen molar-refractivity contribution in [2.75, 3.05) is 25.0 Å². The Bertz CT molecular complexity index is 659. The van der Waals surface area contributed by atoms with Crippen LogP contribution < -0.4 is 5.32 Å². The highest BCUT2D eigenvalue weighted by Crippen LogP contribution is 2.21. The number of fused-ring (bicyclic) bond motifs is 1. The molecule has 1 aliphatic rings. The van der Waals surface area contributed by atoms with Crippen molar-refractivity contribution in [2.24, 2.45) is 0 Å². The summed E-state index contributed by atoms with van der Waals surface area (Å²) < 4.78 is 5.69. The fourth-order valence-electron chi connectivity index (χ4n) is 3.02. The number of benzene rings is 1. The van der Waals surface area contributed by atoms with Crippen LogP contribution in [0, 0.1) is 0 Å². The molecule has 2 aromatic rings. The molecule has 1 aromatic heterocycles. The fourth-order valence-corrected chi connectivity index (χ4v) is 3.02. The molecule has 0 saturated carbocycles. The SMILES string of the molecule is CC1CN(CC(=O)Nc2cccc3ncccc23)CC(C)O1. The Balaban J connectivity index is 1.68. The minimum absolute atomic E-state index is 0.00217. The quantitative estimate of drug-likeness (QED) is 0.945. The second-order valence-corrected chi connectivity index (χ2v) is 5.88. The van der Waals surface area contributed by atoms with Crippen LogP contribution in [-0.4, -0.2) is 47.6 Å². The number of amides is 1. The number of anilines is 1. The predicted octanol–water partition coefficient (Wildman–Crippen LogP) is 2.28. The number of aromatic nitrogens is 1. The Morgan fingerprint density at radius 1 is 1.27 bits per heavy atom. The van der Waals surface area contributed by atoms with Gasteiger partial charge in [-0.1, -0.05) is 6.07 Å². The third kappa shape index (κ3) is 3.43. The first-order valence-corrected chi connectivity index (χ1v) is 7.63. The highest BCUT2D eigenvalue weighted by molar-refractivity contribution is 6.01. The number of hydrogen-bond acceptors (Lipinski definition) is 4. The van der Waals surface area contributed by atoms with Gasteiger partial charge in [-0.15, -0.1) is 0 Å². The van der Waals surface area contributed by atoms with Gasteiger partial charge in [0.05, 0.1) is 30.0 Å². The summed E-state index contributed by atoms with van der Waals surface area (Å²) in [5.41, 5.74) is 1.69. The van der Waals surface area contributed by atoms with Crippen LogP contribution in [-0.2, 0) is 9.53 Å². The number of carbonyl (C=O) groups excluding carboxylic acids is 1. The van der Waals surface area contributed by atoms with Gasteiger partial charge in [0.25, 0.3) is 0 Å². The summed E-state index contributed by atoms with van der Waals surface area (Å²) >= 11 is 0. The molecule has 1 amide bonds. The summed E-state index contributed by atoms with van der Waals surface area (Å²) in [5, 5.41) is 3.96. The van der Waals surface area contributed by atoms with Gasteiger partial charge in [0.15, 0.2) is 0 Å². The maximum atomic E-state index is 12.3. The molecule has 1 aliphatic heterocycles. The van der Waals surface area contributed by atoms with Crippen LogP contribution >= 0.6 is 0 Å². The molecular formula is C17H21N3O2. The minimum atomic E-state index is -0.00217. The molecule has 1 fully saturated rings. The zero-order chi connectivity index (χ0) is 15.5. The summed E-state index contributed by atoms with van der Waals surface area (Å²) in [7, 11) is 0. The molecule has 5 heteroatoms. The van der Waals surface area contributed by atoms with Crippen molar-refractivity contribution in [3.63, 3.8) is 0 Å². The topological polar surface area (TPSA) is 54.5 Å². The molecular weight excluding hydrogens is 278 g/mol. The summed E-state index contributed by atoms with van der Waals surface area (Å²) in [6.07, 6.45) is 2.08. The van der Waals surface area contributed by atoms with E-state index in [0.29, 0.717) is 6.54 Å². The first kappa shape index (κ1) is 14.9. The molecule has 2 heterocycles. The minimum Gasteiger partial charge on any atom is -0.373 e. The van der Waals surface area contributed by atoms with E-state index in [-0.39, 0.29) is 18.1 Å². The molecule has 0 spiro atoms. The van der Waals surface area contributed by atoms with Crippen LogP contribution in [0.25, 0.3) is 10.9 Å². The van der Waals surface area contributed by atoms with E-state index in [1.807, 2.05) is 44.2 Å². The first-order chi connectivity index (χ1) is 10.6. The lowest BCUT2D eigenvalue weighted by molar-refractivity contribution is -0.121. The smallest absolute Gasteiger partial charge is 0.238 e. The molecule has 2 unspecified atom stereocenters. The molecule has 0 aliphatic carbocycles. The van der Waals surface area contributed by atoms with Crippen LogP contribution in [0.2, 0.25) is 0 Å². The number of nitrogens with one attached hydrogen (secondary N) is 1. The maximum Gasteiger partial charge on any atom is 0.238 e. The molecule has 1 N–H and O–H groups in total. The van der Waals surface area contributed by atoms with E-state index in [9.17, 15) is 4.79 Å². The molecule has 1 saturated heterocycles. The summed E-state index contributed by atoms with van der Waals surface area (Å²) in [6, 6.07) is 9.60. The standard InChI is InChI=1S/C17H21N3O2/c1-12-9-20(10-13(2)22-12)11-17(21)19-16-7-3-6-15-14(16)5-4-8-18-15/h3-8,12-13H,9-11H2,1-2H3,(H,19,21). The van der Waals surface area contributed by atoms with Crippen molar-refractivity contribution >= 4 is 22.5 Å². The lowest BCUT2D eigenvalue weighted by atomic mass is 10.2. The van der Waals surface area contributed by atoms with Gasteiger partial charge in [-0.2, -0.15) is 0 Å². The Kier molecular flexibility index (Phi) is 4.36. The van der Waals surface area contributed by atoms with E-state index in [2.05, 4.69) is 15.2 Å². The van der Waals surface area contributed by atoms with Gasteiger partial charge in [-0.3, -0.25) is 14.7 Å². The fraction of sp³-hybridized carbons (Fsp3) is 0.412. The molecule has 116 valence electrons. The number of rotatable bonds is 3. The number of ether oxygens (including phenoxy) is 1. The van der Waals surface area contributed by atoms with Crippen molar-refractivity contribution < 1.29 is 9.53 Å². The average Bonchev–Trinajstić information content (AvgIpc) is 2.46. The van der Waals surface area contributed by atoms with Gasteiger partial charge >= 0.3 is 0 Å². The van der Waals surface area contributed by atoms with Crippen LogP contribution in [0.5, 0.6) is 0 Å². The van der Waals surface area contributed by atoms with Crippen molar-refractivity contribution in [3.05, 3.63) is 36.5 Å². The molecule has 5 nitrogen and oxygen atoms in total. The second-order valence-electron chi connectivity index (χ2n) is 5.88. The maximum absolute atomic E-state index is 12.3. The van der Waals surface area contributed by atoms with Crippen molar-refractivity contribution in [2.45, 2.75) is 26.1 Å². The number of pyridine rings is 1. The van der Waals surface area contributed by atoms with E-state index in [4.69, 9.17) is 4.74 Å². The van der Waals surface area contributed by atoms with Gasteiger partial charge in [0.1, 0.15) is 0 Å². The molecule has 22 heavy (non-hydrogen) atoms. The number of nitrogens with zero attached hydrogens (tertiary/aromatic N) is 2. The van der Waals surface area contributed by atoms with Crippen LogP contribution in [0.4, 0.5) is 5.69 Å². The van der Waals surface area contributed by atoms with E-state index in [1.54, 1.807) is 6.20 Å². The highest BCUT2D eigenvalue weighted by Gasteiger charge is 2.23. The number of morpholine rings is 1. The number of carbonyl (C=O) groups is 1. The van der Waals surface area contributed by atoms with Crippen LogP contribution in [0.15, 0.2) is 36.5 Å². The lowest BCUT2D eigenvalue weighted by Gasteiger charge is -2.34. The monoisotopic (exact) mass is 299 g/mol. The van der Waals surface area contributed by atoms with Crippen molar-refractivity contribution in [3.8, 4) is 0 Å². The van der Waals surface area contributed by atoms with Gasteiger partial charge in [-0.05, 0) is 38.1 Å². The van der Waals surface area contributed by atoms with Crippen LogP contribution in [0.1, 0.15) is 13.8 Å². The zero-order valence-electron chi connectivity index (χ0n) is 13.0. The van der Waals surface area contributed by atoms with Crippen LogP contribution in [0.3, 0.4) is 0 Å². The van der Waals surface area contributed by atoms with E-state index < -0.39 is 0 Å². The van der Waals surface area contributed by atoms with Crippen molar-refractivity contribution in [1.82, 2.24) is 9.88 Å². The summed E-state index contributed by atoms with van der Waals surface area (Å²) in [5.74, 6) is -0.00217. The van der Waals surface area contributed by atoms with Gasteiger partial charge in [-0.25, -0.2) is 0 Å². The third-order valence-corrected chi connectivity index (χ3v) is 3.78. The van der Waals surface area contributed by atoms with Crippen molar-refractivity contribution in [1.29, 1.82) is 0 Å². The molecule has 3 rings (SSSR count). The molecule has 1 aromatic carbocycles. The van der Waals surface area contributed by atoms with E-state index in [0.717, 1.165) is 29.7 Å². The Morgan fingerprint density at radius 2 is 2.05 bits per heavy atom. The zero-order valence-corrected chi connectivity index (χ0v) is 13.0. The largest absolute Gasteiger partial charge is 0.373 e. The predicted molar refractivity (Wildman–Crippen MR) is 86.8 cm³/mol. The normalized spacial score (nSPS) is 22.6.